The number of amides is 1. The van der Waals surface area contributed by atoms with Crippen LogP contribution in [0.25, 0.3) is 0 Å². The van der Waals surface area contributed by atoms with Crippen LogP contribution in [0.15, 0.2) is 6.20 Å². The second-order valence-electron chi connectivity index (χ2n) is 5.55. The van der Waals surface area contributed by atoms with Gasteiger partial charge in [-0.25, -0.2) is 4.98 Å². The molecule has 0 bridgehead atoms. The lowest BCUT2D eigenvalue weighted by molar-refractivity contribution is -0.135. The highest BCUT2D eigenvalue weighted by Gasteiger charge is 2.27. The number of nitrogens with one attached hydrogen (secondary N) is 1. The number of hydrogen-bond acceptors (Lipinski definition) is 3. The molecule has 1 N–H and O–H groups in total. The number of carbonyl (C=O) groups is 1. The van der Waals surface area contributed by atoms with E-state index in [1.165, 1.54) is 12.8 Å². The molecule has 5 heteroatoms. The highest BCUT2D eigenvalue weighted by atomic mass is 16.2. The first-order chi connectivity index (χ1) is 9.08. The molecule has 0 spiro atoms. The Balaban J connectivity index is 1.97. The third-order valence-corrected chi connectivity index (χ3v) is 3.82. The molecule has 1 unspecified atom stereocenters. The first-order valence-electron chi connectivity index (χ1n) is 7.03. The summed E-state index contributed by atoms with van der Waals surface area (Å²) in [5, 5.41) is 0. The molecule has 19 heavy (non-hydrogen) atoms. The SMILES string of the molecule is Cc1cnc(CN(C)C(=O)C2CCCCCN2C)[nH]1. The Morgan fingerprint density at radius 1 is 1.53 bits per heavy atom. The van der Waals surface area contributed by atoms with Gasteiger partial charge >= 0.3 is 0 Å². The van der Waals surface area contributed by atoms with Gasteiger partial charge in [-0.1, -0.05) is 12.8 Å². The first-order valence-corrected chi connectivity index (χ1v) is 7.03. The Morgan fingerprint density at radius 2 is 2.32 bits per heavy atom. The molecule has 0 radical (unpaired) electrons. The van der Waals surface area contributed by atoms with Crippen molar-refractivity contribution in [2.45, 2.75) is 45.2 Å². The molecule has 0 aromatic carbocycles. The van der Waals surface area contributed by atoms with E-state index in [0.717, 1.165) is 30.9 Å². The van der Waals surface area contributed by atoms with Gasteiger partial charge < -0.3 is 9.88 Å². The summed E-state index contributed by atoms with van der Waals surface area (Å²) >= 11 is 0. The molecule has 0 aliphatic carbocycles. The molecule has 2 heterocycles. The number of aromatic amines is 1. The molecule has 1 aliphatic heterocycles. The lowest BCUT2D eigenvalue weighted by Gasteiger charge is -2.28. The number of likely N-dealkylation sites (N-methyl/N-ethyl adjacent to an activating group) is 2. The number of H-pyrrole nitrogens is 1. The van der Waals surface area contributed by atoms with E-state index in [9.17, 15) is 4.79 Å². The zero-order chi connectivity index (χ0) is 13.8. The van der Waals surface area contributed by atoms with Gasteiger partial charge in [0.2, 0.25) is 5.91 Å². The number of aromatic nitrogens is 2. The third kappa shape index (κ3) is 3.56. The number of carbonyl (C=O) groups excluding carboxylic acids is 1. The van der Waals surface area contributed by atoms with Gasteiger partial charge in [0.1, 0.15) is 5.82 Å². The van der Waals surface area contributed by atoms with E-state index in [2.05, 4.69) is 21.9 Å². The van der Waals surface area contributed by atoms with E-state index in [1.54, 1.807) is 11.1 Å². The third-order valence-electron chi connectivity index (χ3n) is 3.82. The van der Waals surface area contributed by atoms with Gasteiger partial charge in [0.05, 0.1) is 12.6 Å². The highest BCUT2D eigenvalue weighted by molar-refractivity contribution is 5.81. The van der Waals surface area contributed by atoms with Crippen molar-refractivity contribution in [2.24, 2.45) is 0 Å². The van der Waals surface area contributed by atoms with Gasteiger partial charge in [-0.05, 0) is 33.4 Å². The summed E-state index contributed by atoms with van der Waals surface area (Å²) in [5.41, 5.74) is 1.03. The van der Waals surface area contributed by atoms with Crippen LogP contribution in [0, 0.1) is 6.92 Å². The molecule has 1 aromatic rings. The van der Waals surface area contributed by atoms with Crippen LogP contribution in [-0.4, -0.2) is 52.4 Å². The predicted molar refractivity (Wildman–Crippen MR) is 74.7 cm³/mol. The fourth-order valence-corrected chi connectivity index (χ4v) is 2.67. The lowest BCUT2D eigenvalue weighted by Crippen LogP contribution is -2.45. The standard InChI is InChI=1S/C14H24N4O/c1-11-9-15-13(16-11)10-18(3)14(19)12-7-5-4-6-8-17(12)2/h9,12H,4-8,10H2,1-3H3,(H,15,16). The quantitative estimate of drug-likeness (QED) is 0.901. The number of rotatable bonds is 3. The Bertz CT molecular complexity index is 429. The Labute approximate surface area is 115 Å². The van der Waals surface area contributed by atoms with Crippen molar-refractivity contribution in [1.82, 2.24) is 19.8 Å². The van der Waals surface area contributed by atoms with Crippen LogP contribution < -0.4 is 0 Å². The van der Waals surface area contributed by atoms with E-state index < -0.39 is 0 Å². The predicted octanol–water partition coefficient (Wildman–Crippen LogP) is 1.55. The largest absolute Gasteiger partial charge is 0.345 e. The Kier molecular flexibility index (Phi) is 4.58. The summed E-state index contributed by atoms with van der Waals surface area (Å²) in [7, 11) is 3.91. The zero-order valence-electron chi connectivity index (χ0n) is 12.1. The van der Waals surface area contributed by atoms with Gasteiger partial charge in [0.15, 0.2) is 0 Å². The van der Waals surface area contributed by atoms with Gasteiger partial charge in [-0.15, -0.1) is 0 Å². The van der Waals surface area contributed by atoms with Crippen LogP contribution in [0.4, 0.5) is 0 Å². The fraction of sp³-hybridized carbons (Fsp3) is 0.714. The van der Waals surface area contributed by atoms with Gasteiger partial charge in [-0.3, -0.25) is 9.69 Å². The molecule has 1 fully saturated rings. The van der Waals surface area contributed by atoms with Crippen LogP contribution in [-0.2, 0) is 11.3 Å². The highest BCUT2D eigenvalue weighted by Crippen LogP contribution is 2.17. The smallest absolute Gasteiger partial charge is 0.240 e. The zero-order valence-corrected chi connectivity index (χ0v) is 12.1. The van der Waals surface area contributed by atoms with Crippen molar-refractivity contribution in [3.8, 4) is 0 Å². The molecule has 1 atom stereocenters. The van der Waals surface area contributed by atoms with Crippen LogP contribution in [0.2, 0.25) is 0 Å². The number of imidazole rings is 1. The minimum absolute atomic E-state index is 0.0311. The molecule has 1 saturated heterocycles. The Hall–Kier alpha value is -1.36. The van der Waals surface area contributed by atoms with Crippen molar-refractivity contribution < 1.29 is 4.79 Å². The maximum absolute atomic E-state index is 12.5. The van der Waals surface area contributed by atoms with Crippen molar-refractivity contribution in [2.75, 3.05) is 20.6 Å². The molecule has 1 amide bonds. The molecule has 1 aliphatic rings. The van der Waals surface area contributed by atoms with Crippen LogP contribution in [0.3, 0.4) is 0 Å². The van der Waals surface area contributed by atoms with Gasteiger partial charge in [0, 0.05) is 18.9 Å². The van der Waals surface area contributed by atoms with E-state index in [1.807, 2.05) is 14.0 Å². The summed E-state index contributed by atoms with van der Waals surface area (Å²) in [6.07, 6.45) is 6.34. The van der Waals surface area contributed by atoms with Crippen LogP contribution >= 0.6 is 0 Å². The molecule has 1 aromatic heterocycles. The molecule has 0 saturated carbocycles. The normalized spacial score (nSPS) is 21.1. The second kappa shape index (κ2) is 6.19. The summed E-state index contributed by atoms with van der Waals surface area (Å²) in [5.74, 6) is 1.06. The van der Waals surface area contributed by atoms with Gasteiger partial charge in [0.25, 0.3) is 0 Å². The van der Waals surface area contributed by atoms with E-state index in [4.69, 9.17) is 0 Å². The van der Waals surface area contributed by atoms with E-state index >= 15 is 0 Å². The van der Waals surface area contributed by atoms with Gasteiger partial charge in [-0.2, -0.15) is 0 Å². The monoisotopic (exact) mass is 264 g/mol. The van der Waals surface area contributed by atoms with Crippen LogP contribution in [0.1, 0.15) is 37.2 Å². The average Bonchev–Trinajstić information content (AvgIpc) is 2.66. The van der Waals surface area contributed by atoms with E-state index in [-0.39, 0.29) is 11.9 Å². The maximum Gasteiger partial charge on any atom is 0.240 e. The van der Waals surface area contributed by atoms with E-state index in [0.29, 0.717) is 6.54 Å². The van der Waals surface area contributed by atoms with Crippen molar-refractivity contribution >= 4 is 5.91 Å². The minimum Gasteiger partial charge on any atom is -0.345 e. The van der Waals surface area contributed by atoms with Crippen LogP contribution in [0.5, 0.6) is 0 Å². The Morgan fingerprint density at radius 3 is 3.00 bits per heavy atom. The summed E-state index contributed by atoms with van der Waals surface area (Å²) in [6.45, 7) is 3.54. The fourth-order valence-electron chi connectivity index (χ4n) is 2.67. The van der Waals surface area contributed by atoms with Crippen molar-refractivity contribution in [3.05, 3.63) is 17.7 Å². The number of aryl methyl sites for hydroxylation is 1. The molecule has 2 rings (SSSR count). The average molecular weight is 264 g/mol. The lowest BCUT2D eigenvalue weighted by atomic mass is 10.1. The number of hydrogen-bond donors (Lipinski definition) is 1. The number of nitrogens with zero attached hydrogens (tertiary/aromatic N) is 3. The molecular formula is C14H24N4O. The summed E-state index contributed by atoms with van der Waals surface area (Å²) < 4.78 is 0. The minimum atomic E-state index is 0.0311. The maximum atomic E-state index is 12.5. The molecular weight excluding hydrogens is 240 g/mol. The summed E-state index contributed by atoms with van der Waals surface area (Å²) in [4.78, 5) is 23.9. The topological polar surface area (TPSA) is 52.2 Å². The van der Waals surface area contributed by atoms with Crippen molar-refractivity contribution in [3.63, 3.8) is 0 Å². The van der Waals surface area contributed by atoms with Crippen molar-refractivity contribution in [1.29, 1.82) is 0 Å². The molecule has 106 valence electrons. The second-order valence-corrected chi connectivity index (χ2v) is 5.55. The number of likely N-dealkylation sites (tertiary alicyclic amines) is 1. The summed E-state index contributed by atoms with van der Waals surface area (Å²) in [6, 6.07) is 0.0311. The molecule has 5 nitrogen and oxygen atoms in total. The first kappa shape index (κ1) is 14.1.